The highest BCUT2D eigenvalue weighted by Crippen LogP contribution is 2.24. The first-order valence-electron chi connectivity index (χ1n) is 6.23. The van der Waals surface area contributed by atoms with Gasteiger partial charge < -0.3 is 20.3 Å². The van der Waals surface area contributed by atoms with E-state index in [1.807, 2.05) is 13.8 Å². The molecule has 0 saturated carbocycles. The fourth-order valence-electron chi connectivity index (χ4n) is 1.50. The number of para-hydroxylation sites is 2. The molecule has 5 nitrogen and oxygen atoms in total. The number of rotatable bonds is 7. The van der Waals surface area contributed by atoms with E-state index in [1.165, 1.54) is 6.07 Å². The monoisotopic (exact) mass is 267 g/mol. The van der Waals surface area contributed by atoms with E-state index in [9.17, 15) is 9.90 Å². The Bertz CT molecular complexity index is 418. The van der Waals surface area contributed by atoms with E-state index in [-0.39, 0.29) is 36.0 Å². The Balaban J connectivity index is 2.35. The molecule has 0 radical (unpaired) electrons. The first-order valence-corrected chi connectivity index (χ1v) is 6.23. The number of aliphatic hydroxyl groups is 1. The normalized spacial score (nSPS) is 11.1. The van der Waals surface area contributed by atoms with Crippen molar-refractivity contribution in [2.75, 3.05) is 19.8 Å². The summed E-state index contributed by atoms with van der Waals surface area (Å²) in [5, 5.41) is 21.1. The minimum atomic E-state index is -0.255. The third-order valence-electron chi connectivity index (χ3n) is 2.78. The van der Waals surface area contributed by atoms with Crippen LogP contribution in [0.1, 0.15) is 20.3 Å². The Labute approximate surface area is 113 Å². The van der Waals surface area contributed by atoms with Crippen molar-refractivity contribution in [1.29, 1.82) is 0 Å². The number of aromatic hydroxyl groups is 1. The fourth-order valence-corrected chi connectivity index (χ4v) is 1.50. The van der Waals surface area contributed by atoms with Gasteiger partial charge in [0.1, 0.15) is 0 Å². The Kier molecular flexibility index (Phi) is 5.63. The van der Waals surface area contributed by atoms with Gasteiger partial charge in [-0.3, -0.25) is 4.79 Å². The predicted molar refractivity (Wildman–Crippen MR) is 72.1 cm³/mol. The van der Waals surface area contributed by atoms with Crippen molar-refractivity contribution in [2.45, 2.75) is 20.3 Å². The van der Waals surface area contributed by atoms with E-state index >= 15 is 0 Å². The van der Waals surface area contributed by atoms with Crippen LogP contribution in [0.3, 0.4) is 0 Å². The molecule has 0 atom stereocenters. The Morgan fingerprint density at radius 1 is 1.37 bits per heavy atom. The van der Waals surface area contributed by atoms with E-state index in [4.69, 9.17) is 9.84 Å². The number of phenols is 1. The van der Waals surface area contributed by atoms with Crippen molar-refractivity contribution in [3.05, 3.63) is 24.3 Å². The van der Waals surface area contributed by atoms with Crippen molar-refractivity contribution in [3.63, 3.8) is 0 Å². The minimum absolute atomic E-state index is 0.0101. The molecule has 1 aromatic rings. The molecule has 106 valence electrons. The van der Waals surface area contributed by atoms with Gasteiger partial charge in [-0.05, 0) is 24.0 Å². The topological polar surface area (TPSA) is 78.8 Å². The molecule has 0 aromatic heterocycles. The molecule has 1 rings (SSSR count). The smallest absolute Gasteiger partial charge is 0.257 e. The van der Waals surface area contributed by atoms with E-state index in [0.717, 1.165) is 0 Å². The summed E-state index contributed by atoms with van der Waals surface area (Å²) in [5.74, 6) is 0.0393. The van der Waals surface area contributed by atoms with Gasteiger partial charge in [0.2, 0.25) is 0 Å². The van der Waals surface area contributed by atoms with Crippen LogP contribution in [0.5, 0.6) is 11.5 Å². The van der Waals surface area contributed by atoms with Crippen molar-refractivity contribution in [1.82, 2.24) is 5.32 Å². The predicted octanol–water partition coefficient (Wildman–Crippen LogP) is 1.30. The van der Waals surface area contributed by atoms with Gasteiger partial charge in [-0.25, -0.2) is 0 Å². The van der Waals surface area contributed by atoms with Crippen LogP contribution in [0.15, 0.2) is 24.3 Å². The molecule has 0 heterocycles. The van der Waals surface area contributed by atoms with Gasteiger partial charge in [0.25, 0.3) is 5.91 Å². The fraction of sp³-hybridized carbons (Fsp3) is 0.500. The second-order valence-corrected chi connectivity index (χ2v) is 5.17. The molecular formula is C14H21NO4. The second kappa shape index (κ2) is 6.99. The zero-order valence-electron chi connectivity index (χ0n) is 11.3. The van der Waals surface area contributed by atoms with E-state index in [1.54, 1.807) is 18.2 Å². The summed E-state index contributed by atoms with van der Waals surface area (Å²) in [6.07, 6.45) is 0.619. The van der Waals surface area contributed by atoms with Gasteiger partial charge in [-0.2, -0.15) is 0 Å². The van der Waals surface area contributed by atoms with E-state index in [2.05, 4.69) is 5.32 Å². The van der Waals surface area contributed by atoms with E-state index in [0.29, 0.717) is 13.0 Å². The van der Waals surface area contributed by atoms with Crippen LogP contribution in [-0.2, 0) is 4.79 Å². The lowest BCUT2D eigenvalue weighted by atomic mass is 9.90. The van der Waals surface area contributed by atoms with Crippen LogP contribution in [0.4, 0.5) is 0 Å². The molecule has 0 aliphatic rings. The number of carbonyl (C=O) groups excluding carboxylic acids is 1. The summed E-state index contributed by atoms with van der Waals surface area (Å²) in [4.78, 5) is 11.6. The number of benzene rings is 1. The van der Waals surface area contributed by atoms with E-state index < -0.39 is 0 Å². The van der Waals surface area contributed by atoms with Crippen LogP contribution in [-0.4, -0.2) is 35.9 Å². The summed E-state index contributed by atoms with van der Waals surface area (Å²) < 4.78 is 5.21. The van der Waals surface area contributed by atoms with Gasteiger partial charge in [0.05, 0.1) is 0 Å². The van der Waals surface area contributed by atoms with Gasteiger partial charge in [0.15, 0.2) is 18.1 Å². The van der Waals surface area contributed by atoms with Gasteiger partial charge in [0, 0.05) is 13.2 Å². The number of amides is 1. The van der Waals surface area contributed by atoms with Gasteiger partial charge in [-0.1, -0.05) is 26.0 Å². The lowest BCUT2D eigenvalue weighted by molar-refractivity contribution is -0.123. The lowest BCUT2D eigenvalue weighted by Crippen LogP contribution is -2.37. The average Bonchev–Trinajstić information content (AvgIpc) is 2.35. The maximum Gasteiger partial charge on any atom is 0.257 e. The Hall–Kier alpha value is -1.75. The summed E-state index contributed by atoms with van der Waals surface area (Å²) >= 11 is 0. The molecule has 0 spiro atoms. The number of hydrogen-bond donors (Lipinski definition) is 3. The number of aliphatic hydroxyl groups excluding tert-OH is 1. The molecule has 0 saturated heterocycles. The van der Waals surface area contributed by atoms with Crippen LogP contribution in [0.25, 0.3) is 0 Å². The minimum Gasteiger partial charge on any atom is -0.504 e. The molecule has 0 aliphatic carbocycles. The first-order chi connectivity index (χ1) is 8.94. The first kappa shape index (κ1) is 15.3. The Morgan fingerprint density at radius 3 is 2.68 bits per heavy atom. The average molecular weight is 267 g/mol. The number of phenolic OH excluding ortho intramolecular Hbond substituents is 1. The second-order valence-electron chi connectivity index (χ2n) is 5.17. The maximum absolute atomic E-state index is 11.6. The van der Waals surface area contributed by atoms with Crippen LogP contribution >= 0.6 is 0 Å². The molecule has 0 unspecified atom stereocenters. The lowest BCUT2D eigenvalue weighted by Gasteiger charge is -2.23. The quantitative estimate of drug-likeness (QED) is 0.695. The summed E-state index contributed by atoms with van der Waals surface area (Å²) in [6.45, 7) is 4.35. The Morgan fingerprint density at radius 2 is 2.05 bits per heavy atom. The SMILES string of the molecule is CC(C)(CCO)CNC(=O)COc1ccccc1O. The molecule has 0 aliphatic heterocycles. The third-order valence-corrected chi connectivity index (χ3v) is 2.78. The number of nitrogens with one attached hydrogen (secondary N) is 1. The molecule has 5 heteroatoms. The summed E-state index contributed by atoms with van der Waals surface area (Å²) in [7, 11) is 0. The summed E-state index contributed by atoms with van der Waals surface area (Å²) in [5.41, 5.74) is -0.153. The molecule has 3 N–H and O–H groups in total. The maximum atomic E-state index is 11.6. The number of hydrogen-bond acceptors (Lipinski definition) is 4. The molecular weight excluding hydrogens is 246 g/mol. The van der Waals surface area contributed by atoms with Crippen molar-refractivity contribution in [3.8, 4) is 11.5 Å². The molecule has 0 fully saturated rings. The molecule has 1 amide bonds. The highest BCUT2D eigenvalue weighted by molar-refractivity contribution is 5.77. The highest BCUT2D eigenvalue weighted by atomic mass is 16.5. The van der Waals surface area contributed by atoms with Gasteiger partial charge in [-0.15, -0.1) is 0 Å². The highest BCUT2D eigenvalue weighted by Gasteiger charge is 2.18. The summed E-state index contributed by atoms with van der Waals surface area (Å²) in [6, 6.07) is 6.49. The third kappa shape index (κ3) is 5.61. The zero-order chi connectivity index (χ0) is 14.3. The molecule has 19 heavy (non-hydrogen) atoms. The van der Waals surface area contributed by atoms with Crippen LogP contribution < -0.4 is 10.1 Å². The number of carbonyl (C=O) groups is 1. The van der Waals surface area contributed by atoms with Crippen LogP contribution in [0.2, 0.25) is 0 Å². The van der Waals surface area contributed by atoms with Crippen molar-refractivity contribution < 1.29 is 19.7 Å². The van der Waals surface area contributed by atoms with Crippen molar-refractivity contribution >= 4 is 5.91 Å². The van der Waals surface area contributed by atoms with Crippen LogP contribution in [0, 0.1) is 5.41 Å². The largest absolute Gasteiger partial charge is 0.504 e. The zero-order valence-corrected chi connectivity index (χ0v) is 11.3. The molecule has 1 aromatic carbocycles. The standard InChI is InChI=1S/C14H21NO4/c1-14(2,7-8-16)10-15-13(18)9-19-12-6-4-3-5-11(12)17/h3-6,16-17H,7-10H2,1-2H3,(H,15,18). The molecule has 0 bridgehead atoms. The van der Waals surface area contributed by atoms with Gasteiger partial charge >= 0.3 is 0 Å². The van der Waals surface area contributed by atoms with Crippen molar-refractivity contribution in [2.24, 2.45) is 5.41 Å². The number of ether oxygens (including phenoxy) is 1.